The molecule has 1 heterocycles. The summed E-state index contributed by atoms with van der Waals surface area (Å²) in [5.74, 6) is 0. The van der Waals surface area contributed by atoms with Crippen molar-refractivity contribution in [1.29, 1.82) is 0 Å². The van der Waals surface area contributed by atoms with Crippen molar-refractivity contribution in [1.82, 2.24) is 0 Å². The molecule has 1 aliphatic heterocycles. The van der Waals surface area contributed by atoms with E-state index in [1.807, 2.05) is 0 Å². The van der Waals surface area contributed by atoms with E-state index in [4.69, 9.17) is 14.7 Å². The second-order valence-corrected chi connectivity index (χ2v) is 6.42. The Morgan fingerprint density at radius 2 is 1.14 bits per heavy atom. The lowest BCUT2D eigenvalue weighted by molar-refractivity contribution is 0.188. The van der Waals surface area contributed by atoms with Gasteiger partial charge < -0.3 is 23.6 Å². The van der Waals surface area contributed by atoms with E-state index in [0.717, 1.165) is 0 Å². The first-order valence-corrected chi connectivity index (χ1v) is 7.20. The van der Waals surface area contributed by atoms with Gasteiger partial charge in [-0.2, -0.15) is 8.62 Å². The second kappa shape index (κ2) is 3.81. The third-order valence-electron chi connectivity index (χ3n) is 0.765. The van der Waals surface area contributed by atoms with Gasteiger partial charge >= 0.3 is 31.2 Å². The van der Waals surface area contributed by atoms with E-state index in [9.17, 15) is 13.7 Å². The van der Waals surface area contributed by atoms with Crippen LogP contribution in [0.4, 0.5) is 0 Å². The van der Waals surface area contributed by atoms with Crippen molar-refractivity contribution in [2.24, 2.45) is 0 Å². The average molecular weight is 267 g/mol. The molecule has 0 saturated carbocycles. The molecule has 1 aliphatic rings. The van der Waals surface area contributed by atoms with Gasteiger partial charge in [-0.25, -0.2) is 13.7 Å². The van der Waals surface area contributed by atoms with Crippen molar-refractivity contribution in [3.63, 3.8) is 0 Å². The van der Waals surface area contributed by atoms with Crippen LogP contribution >= 0.6 is 23.5 Å². The Labute approximate surface area is 77.9 Å². The highest BCUT2D eigenvalue weighted by atomic mass is 31.3. The first-order chi connectivity index (χ1) is 6.12. The number of hydrogen-bond acceptors (Lipinski definition) is 7. The monoisotopic (exact) mass is 267 g/mol. The van der Waals surface area contributed by atoms with Crippen LogP contribution in [0.5, 0.6) is 0 Å². The standard InChI is InChI=1S/BH3O10P3/c2-12(3)8-1-9-13(4,5)11-14(6,7)10-12/h(H,2,3)(H,4,5)(H,6,7). The lowest BCUT2D eigenvalue weighted by Gasteiger charge is -2.20. The van der Waals surface area contributed by atoms with Crippen molar-refractivity contribution >= 4 is 31.2 Å². The van der Waals surface area contributed by atoms with E-state index in [-0.39, 0.29) is 7.69 Å². The fourth-order valence-corrected chi connectivity index (χ4v) is 3.60. The van der Waals surface area contributed by atoms with Gasteiger partial charge in [-0.15, -0.1) is 0 Å². The molecule has 14 heavy (non-hydrogen) atoms. The highest BCUT2D eigenvalue weighted by Crippen LogP contribution is 2.69. The molecular weight excluding hydrogens is 264 g/mol. The van der Waals surface area contributed by atoms with E-state index in [2.05, 4.69) is 17.5 Å². The topological polar surface area (TPSA) is 149 Å². The van der Waals surface area contributed by atoms with E-state index in [1.54, 1.807) is 0 Å². The molecule has 0 aromatic carbocycles. The van der Waals surface area contributed by atoms with E-state index >= 15 is 0 Å². The Kier molecular flexibility index (Phi) is 3.41. The molecule has 81 valence electrons. The average Bonchev–Trinajstić information content (AvgIpc) is 1.75. The molecule has 0 amide bonds. The lowest BCUT2D eigenvalue weighted by atomic mass is 10.4. The minimum Gasteiger partial charge on any atom is -0.319 e. The largest absolute Gasteiger partial charge is 0.505 e. The van der Waals surface area contributed by atoms with E-state index in [1.165, 1.54) is 0 Å². The zero-order valence-corrected chi connectivity index (χ0v) is 8.80. The Morgan fingerprint density at radius 3 is 1.50 bits per heavy atom. The van der Waals surface area contributed by atoms with Crippen LogP contribution in [0, 0.1) is 0 Å². The molecule has 2 atom stereocenters. The SMILES string of the molecule is O=P1(O)O[B]OP(=O)(O)OP(=O)(O)O1. The predicted octanol–water partition coefficient (Wildman–Crippen LogP) is -0.0982. The van der Waals surface area contributed by atoms with Crippen LogP contribution in [0.2, 0.25) is 0 Å². The van der Waals surface area contributed by atoms with Crippen LogP contribution in [0.1, 0.15) is 0 Å². The summed E-state index contributed by atoms with van der Waals surface area (Å²) in [5.41, 5.74) is 0. The summed E-state index contributed by atoms with van der Waals surface area (Å²) in [5, 5.41) is 0. The van der Waals surface area contributed by atoms with Crippen LogP contribution in [0.15, 0.2) is 0 Å². The van der Waals surface area contributed by atoms with Crippen molar-refractivity contribution in [3.05, 3.63) is 0 Å². The maximum atomic E-state index is 10.7. The van der Waals surface area contributed by atoms with Gasteiger partial charge in [0.05, 0.1) is 0 Å². The summed E-state index contributed by atoms with van der Waals surface area (Å²) >= 11 is 0. The van der Waals surface area contributed by atoms with Gasteiger partial charge in [0.15, 0.2) is 0 Å². The first kappa shape index (κ1) is 12.5. The van der Waals surface area contributed by atoms with Gasteiger partial charge in [-0.3, -0.25) is 0 Å². The van der Waals surface area contributed by atoms with Crippen LogP contribution in [0.3, 0.4) is 0 Å². The molecule has 14 heteroatoms. The summed E-state index contributed by atoms with van der Waals surface area (Å²) < 4.78 is 46.6. The van der Waals surface area contributed by atoms with Crippen LogP contribution in [-0.2, 0) is 31.2 Å². The molecule has 0 spiro atoms. The Hall–Kier alpha value is 0.475. The van der Waals surface area contributed by atoms with Crippen LogP contribution in [-0.4, -0.2) is 22.4 Å². The molecule has 0 aromatic rings. The Morgan fingerprint density at radius 1 is 0.786 bits per heavy atom. The highest BCUT2D eigenvalue weighted by Gasteiger charge is 2.45. The number of phosphoric acid groups is 3. The molecular formula is H3BO10P3. The Balaban J connectivity index is 2.93. The van der Waals surface area contributed by atoms with Gasteiger partial charge in [-0.05, 0) is 0 Å². The lowest BCUT2D eigenvalue weighted by Crippen LogP contribution is -2.08. The summed E-state index contributed by atoms with van der Waals surface area (Å²) in [6.45, 7) is 0. The second-order valence-electron chi connectivity index (χ2n) is 1.88. The Bertz CT molecular complexity index is 326. The van der Waals surface area contributed by atoms with E-state index < -0.39 is 23.5 Å². The molecule has 0 bridgehead atoms. The van der Waals surface area contributed by atoms with Crippen molar-refractivity contribution in [2.75, 3.05) is 0 Å². The molecule has 10 nitrogen and oxygen atoms in total. The molecule has 0 aliphatic carbocycles. The third kappa shape index (κ3) is 3.92. The predicted molar refractivity (Wildman–Crippen MR) is 39.6 cm³/mol. The van der Waals surface area contributed by atoms with E-state index in [0.29, 0.717) is 0 Å². The molecule has 1 saturated heterocycles. The third-order valence-corrected chi connectivity index (χ3v) is 4.77. The molecule has 3 N–H and O–H groups in total. The molecule has 1 radical (unpaired) electrons. The van der Waals surface area contributed by atoms with Gasteiger partial charge in [-0.1, -0.05) is 0 Å². The van der Waals surface area contributed by atoms with Gasteiger partial charge in [0, 0.05) is 0 Å². The molecule has 0 aromatic heterocycles. The fourth-order valence-electron chi connectivity index (χ4n) is 0.442. The van der Waals surface area contributed by atoms with Gasteiger partial charge in [0.1, 0.15) is 0 Å². The summed E-state index contributed by atoms with van der Waals surface area (Å²) in [7, 11) is -15.0. The quantitative estimate of drug-likeness (QED) is 0.401. The van der Waals surface area contributed by atoms with Crippen LogP contribution < -0.4 is 0 Å². The maximum Gasteiger partial charge on any atom is 0.505 e. The van der Waals surface area contributed by atoms with Crippen molar-refractivity contribution in [3.8, 4) is 0 Å². The summed E-state index contributed by atoms with van der Waals surface area (Å²) in [4.78, 5) is 25.8. The molecule has 2 unspecified atom stereocenters. The zero-order chi connectivity index (χ0) is 11.0. The minimum atomic E-state index is -5.20. The molecule has 1 fully saturated rings. The smallest absolute Gasteiger partial charge is 0.319 e. The first-order valence-electron chi connectivity index (χ1n) is 2.71. The van der Waals surface area contributed by atoms with Crippen molar-refractivity contribution < 1.29 is 45.9 Å². The van der Waals surface area contributed by atoms with Crippen LogP contribution in [0.25, 0.3) is 0 Å². The number of hydrogen-bond donors (Lipinski definition) is 3. The fraction of sp³-hybridized carbons (Fsp3) is 0. The summed E-state index contributed by atoms with van der Waals surface area (Å²) in [6.07, 6.45) is 0. The summed E-state index contributed by atoms with van der Waals surface area (Å²) in [6, 6.07) is 0. The zero-order valence-electron chi connectivity index (χ0n) is 6.12. The van der Waals surface area contributed by atoms with Crippen molar-refractivity contribution in [2.45, 2.75) is 0 Å². The maximum absolute atomic E-state index is 10.7. The minimum absolute atomic E-state index is 0.000710. The normalized spacial score (nSPS) is 50.2. The highest BCUT2D eigenvalue weighted by molar-refractivity contribution is 7.68. The van der Waals surface area contributed by atoms with Gasteiger partial charge in [0.25, 0.3) is 0 Å². The number of rotatable bonds is 0. The molecule has 1 rings (SSSR count). The van der Waals surface area contributed by atoms with Gasteiger partial charge in [0.2, 0.25) is 0 Å².